The molecule has 2 heterocycles. The molecule has 2 aromatic rings. The van der Waals surface area contributed by atoms with Crippen LogP contribution in [0.25, 0.3) is 0 Å². The average Bonchev–Trinajstić information content (AvgIpc) is 2.67. The van der Waals surface area contributed by atoms with Crippen molar-refractivity contribution < 1.29 is 9.53 Å². The molecule has 27 heavy (non-hydrogen) atoms. The first kappa shape index (κ1) is 18.8. The maximum absolute atomic E-state index is 12.9. The van der Waals surface area contributed by atoms with Crippen molar-refractivity contribution in [2.24, 2.45) is 0 Å². The maximum Gasteiger partial charge on any atom is 0.253 e. The molecule has 0 bridgehead atoms. The molecule has 0 N–H and O–H groups in total. The number of carbonyl (C=O) groups excluding carboxylic acids is 1. The number of carbonyl (C=O) groups is 1. The number of nitriles is 1. The van der Waals surface area contributed by atoms with Crippen LogP contribution in [0.3, 0.4) is 0 Å². The van der Waals surface area contributed by atoms with E-state index in [-0.39, 0.29) is 29.0 Å². The molecule has 1 aliphatic heterocycles. The number of benzene rings is 1. The summed E-state index contributed by atoms with van der Waals surface area (Å²) >= 11 is 0. The van der Waals surface area contributed by atoms with Crippen molar-refractivity contribution in [1.29, 1.82) is 5.26 Å². The Kier molecular flexibility index (Phi) is 5.41. The van der Waals surface area contributed by atoms with Crippen molar-refractivity contribution in [2.45, 2.75) is 45.1 Å². The summed E-state index contributed by atoms with van der Waals surface area (Å²) in [6.07, 6.45) is 4.43. The molecule has 0 aliphatic carbocycles. The highest BCUT2D eigenvalue weighted by Gasteiger charge is 2.27. The average molecular weight is 364 g/mol. The highest BCUT2D eigenvalue weighted by molar-refractivity contribution is 5.94. The molecule has 3 rings (SSSR count). The molecule has 1 aliphatic rings. The number of aromatic nitrogens is 2. The molecule has 140 valence electrons. The topological polar surface area (TPSA) is 79.1 Å². The largest absolute Gasteiger partial charge is 0.470 e. The molecule has 1 saturated heterocycles. The van der Waals surface area contributed by atoms with Gasteiger partial charge in [-0.1, -0.05) is 32.9 Å². The normalized spacial score (nSPS) is 17.3. The summed E-state index contributed by atoms with van der Waals surface area (Å²) in [4.78, 5) is 22.7. The molecule has 1 amide bonds. The van der Waals surface area contributed by atoms with Gasteiger partial charge in [-0.3, -0.25) is 4.79 Å². The number of piperidine rings is 1. The Morgan fingerprint density at radius 2 is 1.93 bits per heavy atom. The molecule has 6 heteroatoms. The first-order valence-electron chi connectivity index (χ1n) is 9.16. The predicted molar refractivity (Wildman–Crippen MR) is 101 cm³/mol. The minimum absolute atomic E-state index is 0.00316. The molecule has 0 spiro atoms. The van der Waals surface area contributed by atoms with E-state index in [1.54, 1.807) is 0 Å². The van der Waals surface area contributed by atoms with Gasteiger partial charge in [-0.05, 0) is 36.0 Å². The van der Waals surface area contributed by atoms with Crippen LogP contribution < -0.4 is 4.74 Å². The molecule has 1 aromatic heterocycles. The second-order valence-electron chi connectivity index (χ2n) is 7.78. The summed E-state index contributed by atoms with van der Waals surface area (Å²) in [7, 11) is 0. The van der Waals surface area contributed by atoms with E-state index in [1.807, 2.05) is 35.2 Å². The van der Waals surface area contributed by atoms with Crippen LogP contribution in [0.4, 0.5) is 0 Å². The van der Waals surface area contributed by atoms with E-state index in [2.05, 4.69) is 30.7 Å². The Labute approximate surface area is 159 Å². The van der Waals surface area contributed by atoms with E-state index < -0.39 is 0 Å². The molecule has 1 unspecified atom stereocenters. The van der Waals surface area contributed by atoms with Crippen molar-refractivity contribution in [3.63, 3.8) is 0 Å². The van der Waals surface area contributed by atoms with E-state index in [9.17, 15) is 4.79 Å². The number of rotatable bonds is 3. The van der Waals surface area contributed by atoms with Crippen molar-refractivity contribution in [2.75, 3.05) is 13.1 Å². The summed E-state index contributed by atoms with van der Waals surface area (Å²) in [5.41, 5.74) is 2.10. The second-order valence-corrected chi connectivity index (χ2v) is 7.78. The number of hydrogen-bond donors (Lipinski definition) is 0. The fraction of sp³-hybridized carbons (Fsp3) is 0.429. The van der Waals surface area contributed by atoms with Crippen LogP contribution in [-0.2, 0) is 5.41 Å². The van der Waals surface area contributed by atoms with Crippen LogP contribution in [0.1, 0.15) is 55.2 Å². The molecule has 0 saturated carbocycles. The quantitative estimate of drug-likeness (QED) is 0.835. The fourth-order valence-electron chi connectivity index (χ4n) is 3.16. The van der Waals surface area contributed by atoms with Gasteiger partial charge in [0, 0.05) is 24.5 Å². The Balaban J connectivity index is 1.69. The van der Waals surface area contributed by atoms with Crippen molar-refractivity contribution in [1.82, 2.24) is 14.9 Å². The highest BCUT2D eigenvalue weighted by Crippen LogP contribution is 2.24. The summed E-state index contributed by atoms with van der Waals surface area (Å²) in [5, 5.41) is 9.12. The minimum atomic E-state index is -0.194. The lowest BCUT2D eigenvalue weighted by Gasteiger charge is -2.32. The van der Waals surface area contributed by atoms with Crippen LogP contribution >= 0.6 is 0 Å². The first-order chi connectivity index (χ1) is 12.9. The van der Waals surface area contributed by atoms with Gasteiger partial charge < -0.3 is 9.64 Å². The summed E-state index contributed by atoms with van der Waals surface area (Å²) in [6, 6.07) is 9.80. The predicted octanol–water partition coefficient (Wildman–Crippen LogP) is 3.33. The zero-order valence-electron chi connectivity index (χ0n) is 16.0. The Bertz CT molecular complexity index is 850. The van der Waals surface area contributed by atoms with Gasteiger partial charge >= 0.3 is 0 Å². The van der Waals surface area contributed by atoms with E-state index in [4.69, 9.17) is 10.00 Å². The Morgan fingerprint density at radius 1 is 1.22 bits per heavy atom. The van der Waals surface area contributed by atoms with Gasteiger partial charge in [0.2, 0.25) is 5.69 Å². The molecule has 1 aromatic carbocycles. The Hall–Kier alpha value is -2.94. The second kappa shape index (κ2) is 7.75. The molecule has 1 fully saturated rings. The zero-order chi connectivity index (χ0) is 19.4. The smallest absolute Gasteiger partial charge is 0.253 e. The number of nitrogens with zero attached hydrogens (tertiary/aromatic N) is 4. The van der Waals surface area contributed by atoms with Crippen LogP contribution in [-0.4, -0.2) is 40.0 Å². The van der Waals surface area contributed by atoms with Gasteiger partial charge in [-0.2, -0.15) is 5.26 Å². The van der Waals surface area contributed by atoms with Crippen LogP contribution in [0, 0.1) is 11.3 Å². The van der Waals surface area contributed by atoms with Gasteiger partial charge in [0.25, 0.3) is 11.8 Å². The van der Waals surface area contributed by atoms with Crippen molar-refractivity contribution in [3.05, 3.63) is 53.5 Å². The lowest BCUT2D eigenvalue weighted by atomic mass is 9.86. The SMILES string of the molecule is CC(C)(C)c1ccc(C(=O)N2CCCC(Oc3nccnc3C#N)C2)cc1. The van der Waals surface area contributed by atoms with Gasteiger partial charge in [-0.15, -0.1) is 0 Å². The highest BCUT2D eigenvalue weighted by atomic mass is 16.5. The van der Waals surface area contributed by atoms with E-state index >= 15 is 0 Å². The molecule has 0 radical (unpaired) electrons. The molecule has 1 atom stereocenters. The van der Waals surface area contributed by atoms with Crippen LogP contribution in [0.15, 0.2) is 36.7 Å². The maximum atomic E-state index is 12.9. The minimum Gasteiger partial charge on any atom is -0.470 e. The summed E-state index contributed by atoms with van der Waals surface area (Å²) in [6.45, 7) is 7.63. The number of ether oxygens (including phenoxy) is 1. The number of amides is 1. The third kappa shape index (κ3) is 4.43. The number of hydrogen-bond acceptors (Lipinski definition) is 5. The van der Waals surface area contributed by atoms with Crippen molar-refractivity contribution >= 4 is 5.91 Å². The van der Waals surface area contributed by atoms with Gasteiger partial charge in [0.05, 0.1) is 6.54 Å². The van der Waals surface area contributed by atoms with Gasteiger partial charge in [-0.25, -0.2) is 9.97 Å². The molecular weight excluding hydrogens is 340 g/mol. The third-order valence-corrected chi connectivity index (χ3v) is 4.71. The monoisotopic (exact) mass is 364 g/mol. The standard InChI is InChI=1S/C21H24N4O2/c1-21(2,3)16-8-6-15(7-9-16)20(26)25-12-4-5-17(14-25)27-19-18(13-22)23-10-11-24-19/h6-11,17H,4-5,12,14H2,1-3H3. The Morgan fingerprint density at radius 3 is 2.59 bits per heavy atom. The first-order valence-corrected chi connectivity index (χ1v) is 9.16. The summed E-state index contributed by atoms with van der Waals surface area (Å²) < 4.78 is 5.87. The number of likely N-dealkylation sites (tertiary alicyclic amines) is 1. The van der Waals surface area contributed by atoms with Gasteiger partial charge in [0.15, 0.2) is 0 Å². The third-order valence-electron chi connectivity index (χ3n) is 4.71. The van der Waals surface area contributed by atoms with Crippen LogP contribution in [0.5, 0.6) is 5.88 Å². The fourth-order valence-corrected chi connectivity index (χ4v) is 3.16. The zero-order valence-corrected chi connectivity index (χ0v) is 16.0. The van der Waals surface area contributed by atoms with E-state index in [0.717, 1.165) is 12.8 Å². The molecular formula is C21H24N4O2. The molecule has 6 nitrogen and oxygen atoms in total. The van der Waals surface area contributed by atoms with E-state index in [1.165, 1.54) is 18.0 Å². The van der Waals surface area contributed by atoms with Crippen LogP contribution in [0.2, 0.25) is 0 Å². The lowest BCUT2D eigenvalue weighted by Crippen LogP contribution is -2.44. The van der Waals surface area contributed by atoms with Crippen molar-refractivity contribution in [3.8, 4) is 11.9 Å². The van der Waals surface area contributed by atoms with Gasteiger partial charge in [0.1, 0.15) is 12.2 Å². The summed E-state index contributed by atoms with van der Waals surface area (Å²) in [5.74, 6) is 0.234. The lowest BCUT2D eigenvalue weighted by molar-refractivity contribution is 0.0526. The van der Waals surface area contributed by atoms with E-state index in [0.29, 0.717) is 18.7 Å².